The van der Waals surface area contributed by atoms with E-state index in [9.17, 15) is 0 Å². The summed E-state index contributed by atoms with van der Waals surface area (Å²) in [4.78, 5) is 5.04. The first kappa shape index (κ1) is 44.2. The minimum absolute atomic E-state index is 0.586. The van der Waals surface area contributed by atoms with Crippen LogP contribution in [0.2, 0.25) is 0 Å². The van der Waals surface area contributed by atoms with Gasteiger partial charge in [-0.25, -0.2) is 4.98 Å². The molecule has 1 aromatic heterocycles. The first-order chi connectivity index (χ1) is 23.2. The summed E-state index contributed by atoms with van der Waals surface area (Å²) in [6.07, 6.45) is 55.6. The molecule has 0 amide bonds. The van der Waals surface area contributed by atoms with Crippen molar-refractivity contribution in [2.75, 3.05) is 0 Å². The Kier molecular flexibility index (Phi) is 33.0. The Balaban J connectivity index is 2.37. The van der Waals surface area contributed by atoms with Gasteiger partial charge in [-0.15, -0.1) is 0 Å². The molecule has 0 aliphatic rings. The zero-order valence-electron chi connectivity index (χ0n) is 33.2. The van der Waals surface area contributed by atoms with Crippen molar-refractivity contribution < 1.29 is 0 Å². The minimum atomic E-state index is 0.586. The van der Waals surface area contributed by atoms with E-state index in [1.165, 1.54) is 237 Å². The molecule has 0 spiro atoms. The van der Waals surface area contributed by atoms with E-state index in [2.05, 4.69) is 44.7 Å². The van der Waals surface area contributed by atoms with Crippen molar-refractivity contribution >= 4 is 0 Å². The Bertz CT molecular complexity index is 723. The zero-order valence-corrected chi connectivity index (χ0v) is 33.2. The van der Waals surface area contributed by atoms with Gasteiger partial charge in [0.05, 0.1) is 0 Å². The molecule has 0 aliphatic carbocycles. The summed E-state index contributed by atoms with van der Waals surface area (Å²) in [5.41, 5.74) is 0. The quantitative estimate of drug-likeness (QED) is 0.0648. The molecule has 47 heavy (non-hydrogen) atoms. The van der Waals surface area contributed by atoms with Crippen LogP contribution in [0.1, 0.15) is 277 Å². The third-order valence-corrected chi connectivity index (χ3v) is 11.1. The van der Waals surface area contributed by atoms with Gasteiger partial charge in [-0.05, 0) is 26.2 Å². The second kappa shape index (κ2) is 35.1. The van der Waals surface area contributed by atoms with Gasteiger partial charge in [0, 0.05) is 24.4 Å². The van der Waals surface area contributed by atoms with Gasteiger partial charge < -0.3 is 4.57 Å². The number of aromatic nitrogens is 2. The molecule has 0 saturated heterocycles. The van der Waals surface area contributed by atoms with Crippen molar-refractivity contribution in [3.63, 3.8) is 0 Å². The predicted octanol–water partition coefficient (Wildman–Crippen LogP) is 16.6. The topological polar surface area (TPSA) is 17.8 Å². The van der Waals surface area contributed by atoms with Crippen molar-refractivity contribution in [3.8, 4) is 0 Å². The molecule has 0 N–H and O–H groups in total. The summed E-state index contributed by atoms with van der Waals surface area (Å²) in [5.74, 6) is 2.07. The lowest BCUT2D eigenvalue weighted by molar-refractivity contribution is 0.412. The van der Waals surface area contributed by atoms with Crippen LogP contribution in [-0.2, 0) is 0 Å². The van der Waals surface area contributed by atoms with Crippen LogP contribution in [0, 0.1) is 0 Å². The van der Waals surface area contributed by atoms with E-state index in [1.54, 1.807) is 0 Å². The fourth-order valence-electron chi connectivity index (χ4n) is 7.77. The molecule has 2 nitrogen and oxygen atoms in total. The highest BCUT2D eigenvalue weighted by molar-refractivity contribution is 5.02. The molecule has 1 aromatic rings. The van der Waals surface area contributed by atoms with Gasteiger partial charge in [-0.2, -0.15) is 0 Å². The maximum absolute atomic E-state index is 5.04. The summed E-state index contributed by atoms with van der Waals surface area (Å²) >= 11 is 0. The second-order valence-corrected chi connectivity index (χ2v) is 15.7. The summed E-state index contributed by atoms with van der Waals surface area (Å²) in [5, 5.41) is 0. The average molecular weight is 657 g/mol. The monoisotopic (exact) mass is 657 g/mol. The highest BCUT2D eigenvalue weighted by atomic mass is 15.1. The lowest BCUT2D eigenvalue weighted by atomic mass is 9.92. The molecule has 0 saturated carbocycles. The Labute approximate surface area is 297 Å². The normalized spacial score (nSPS) is 13.0. The van der Waals surface area contributed by atoms with E-state index < -0.39 is 0 Å². The van der Waals surface area contributed by atoms with Crippen molar-refractivity contribution in [2.45, 2.75) is 271 Å². The number of rotatable bonds is 38. The van der Waals surface area contributed by atoms with Gasteiger partial charge in [0.1, 0.15) is 5.82 Å². The lowest BCUT2D eigenvalue weighted by Gasteiger charge is -2.22. The molecular weight excluding hydrogens is 569 g/mol. The van der Waals surface area contributed by atoms with Crippen molar-refractivity contribution in [1.29, 1.82) is 0 Å². The third kappa shape index (κ3) is 26.7. The smallest absolute Gasteiger partial charge is 0.111 e. The van der Waals surface area contributed by atoms with Crippen LogP contribution in [0.5, 0.6) is 0 Å². The van der Waals surface area contributed by atoms with Gasteiger partial charge >= 0.3 is 0 Å². The molecule has 278 valence electrons. The van der Waals surface area contributed by atoms with Crippen molar-refractivity contribution in [2.24, 2.45) is 0 Å². The van der Waals surface area contributed by atoms with Crippen LogP contribution in [0.3, 0.4) is 0 Å². The van der Waals surface area contributed by atoms with Crippen molar-refractivity contribution in [1.82, 2.24) is 9.55 Å². The Hall–Kier alpha value is -0.790. The summed E-state index contributed by atoms with van der Waals surface area (Å²) in [6.45, 7) is 9.41. The number of unbranched alkanes of at least 4 members (excludes halogenated alkanes) is 30. The molecule has 1 heterocycles. The largest absolute Gasteiger partial charge is 0.332 e. The first-order valence-corrected chi connectivity index (χ1v) is 22.3. The molecule has 0 radical (unpaired) electrons. The van der Waals surface area contributed by atoms with E-state index in [-0.39, 0.29) is 0 Å². The first-order valence-electron chi connectivity index (χ1n) is 22.3. The van der Waals surface area contributed by atoms with Gasteiger partial charge in [-0.1, -0.05) is 233 Å². The van der Waals surface area contributed by atoms with Crippen molar-refractivity contribution in [3.05, 3.63) is 18.2 Å². The van der Waals surface area contributed by atoms with Crippen LogP contribution in [0.25, 0.3) is 0 Å². The Morgan fingerprint density at radius 1 is 0.404 bits per heavy atom. The zero-order chi connectivity index (χ0) is 33.9. The molecule has 0 bridgehead atoms. The maximum Gasteiger partial charge on any atom is 0.111 e. The summed E-state index contributed by atoms with van der Waals surface area (Å²) < 4.78 is 2.59. The highest BCUT2D eigenvalue weighted by Crippen LogP contribution is 2.31. The average Bonchev–Trinajstić information content (AvgIpc) is 3.57. The molecule has 1 rings (SSSR count). The van der Waals surface area contributed by atoms with Gasteiger partial charge in [0.15, 0.2) is 0 Å². The van der Waals surface area contributed by atoms with E-state index in [0.29, 0.717) is 12.0 Å². The molecule has 2 atom stereocenters. The predicted molar refractivity (Wildman–Crippen MR) is 213 cm³/mol. The molecule has 2 unspecified atom stereocenters. The second-order valence-electron chi connectivity index (χ2n) is 15.7. The fraction of sp³-hybridized carbons (Fsp3) is 0.933. The minimum Gasteiger partial charge on any atom is -0.332 e. The van der Waals surface area contributed by atoms with Gasteiger partial charge in [-0.3, -0.25) is 0 Å². The lowest BCUT2D eigenvalue weighted by Crippen LogP contribution is -2.13. The van der Waals surface area contributed by atoms with Crippen LogP contribution in [0.4, 0.5) is 0 Å². The summed E-state index contributed by atoms with van der Waals surface area (Å²) in [6, 6.07) is 0.586. The molecule has 0 aliphatic heterocycles. The van der Waals surface area contributed by atoms with Crippen LogP contribution >= 0.6 is 0 Å². The number of hydrogen-bond donors (Lipinski definition) is 0. The number of hydrogen-bond acceptors (Lipinski definition) is 1. The van der Waals surface area contributed by atoms with E-state index in [4.69, 9.17) is 4.98 Å². The Morgan fingerprint density at radius 3 is 1.00 bits per heavy atom. The summed E-state index contributed by atoms with van der Waals surface area (Å²) in [7, 11) is 0. The Morgan fingerprint density at radius 2 is 0.681 bits per heavy atom. The fourth-order valence-corrected chi connectivity index (χ4v) is 7.77. The van der Waals surface area contributed by atoms with E-state index in [0.717, 1.165) is 0 Å². The number of imidazole rings is 1. The molecule has 2 heteroatoms. The van der Waals surface area contributed by atoms with Gasteiger partial charge in [0.2, 0.25) is 0 Å². The SMILES string of the molecule is CCCCCCCCCCCCCCCC(CCCCCCCCCC)c1nccn1C(C)CCCCCCCCCCCCCC. The number of nitrogens with zero attached hydrogens (tertiary/aromatic N) is 2. The van der Waals surface area contributed by atoms with Crippen LogP contribution in [-0.4, -0.2) is 9.55 Å². The standard InChI is InChI=1S/C45H88N2/c1-5-8-11-14-17-20-22-24-26-28-31-34-37-40-44(39-36-33-30-19-16-13-10-7-3)45-46-41-42-47(45)43(4)38-35-32-29-27-25-23-21-18-15-12-9-6-2/h41-44H,5-40H2,1-4H3. The van der Waals surface area contributed by atoms with E-state index >= 15 is 0 Å². The molecular formula is C45H88N2. The van der Waals surface area contributed by atoms with Crippen LogP contribution in [0.15, 0.2) is 12.4 Å². The van der Waals surface area contributed by atoms with Gasteiger partial charge in [0.25, 0.3) is 0 Å². The van der Waals surface area contributed by atoms with E-state index in [1.807, 2.05) is 0 Å². The third-order valence-electron chi connectivity index (χ3n) is 11.1. The maximum atomic E-state index is 5.04. The van der Waals surface area contributed by atoms with Crippen LogP contribution < -0.4 is 0 Å². The molecule has 0 fully saturated rings. The highest BCUT2D eigenvalue weighted by Gasteiger charge is 2.19. The molecule has 0 aromatic carbocycles.